The zero-order valence-corrected chi connectivity index (χ0v) is 15.9. The van der Waals surface area contributed by atoms with Crippen LogP contribution in [-0.4, -0.2) is 38.0 Å². The van der Waals surface area contributed by atoms with E-state index in [1.165, 1.54) is 22.7 Å². The smallest absolute Gasteiger partial charge is 0.235 e. The summed E-state index contributed by atoms with van der Waals surface area (Å²) in [5.41, 5.74) is 2.26. The third kappa shape index (κ3) is 6.29. The molecule has 1 N–H and O–H groups in total. The number of carbonyl (C=O) groups is 1. The van der Waals surface area contributed by atoms with Crippen molar-refractivity contribution in [1.29, 1.82) is 0 Å². The van der Waals surface area contributed by atoms with E-state index in [0.29, 0.717) is 6.54 Å². The number of carbonyl (C=O) groups excluding carboxylic acids is 1. The zero-order valence-electron chi connectivity index (χ0n) is 15.1. The highest BCUT2D eigenvalue weighted by atomic mass is 32.2. The van der Waals surface area contributed by atoms with Gasteiger partial charge in [-0.2, -0.15) is 4.31 Å². The van der Waals surface area contributed by atoms with Crippen molar-refractivity contribution in [2.75, 3.05) is 19.3 Å². The van der Waals surface area contributed by atoms with Gasteiger partial charge in [0, 0.05) is 12.6 Å². The van der Waals surface area contributed by atoms with E-state index in [1.807, 2.05) is 30.3 Å². The fraction of sp³-hybridized carbons (Fsp3) is 0.526. The number of nitrogens with one attached hydrogen (secondary N) is 1. The minimum absolute atomic E-state index is 0.159. The number of rotatable bonds is 8. The fourth-order valence-corrected chi connectivity index (χ4v) is 4.18. The van der Waals surface area contributed by atoms with Crippen molar-refractivity contribution < 1.29 is 13.2 Å². The number of hydrogen-bond donors (Lipinski definition) is 1. The van der Waals surface area contributed by atoms with Crippen molar-refractivity contribution in [3.8, 4) is 0 Å². The second-order valence-corrected chi connectivity index (χ2v) is 8.54. The summed E-state index contributed by atoms with van der Waals surface area (Å²) in [5.74, 6) is -0.260. The quantitative estimate of drug-likeness (QED) is 0.721. The molecule has 0 radical (unpaired) electrons. The van der Waals surface area contributed by atoms with Crippen LogP contribution in [0.4, 0.5) is 0 Å². The summed E-state index contributed by atoms with van der Waals surface area (Å²) in [6.07, 6.45) is 8.95. The summed E-state index contributed by atoms with van der Waals surface area (Å²) in [6, 6.07) is 8.97. The molecule has 1 aromatic carbocycles. The molecule has 0 saturated heterocycles. The van der Waals surface area contributed by atoms with Crippen molar-refractivity contribution in [3.05, 3.63) is 47.5 Å². The average Bonchev–Trinajstić information content (AvgIpc) is 2.60. The van der Waals surface area contributed by atoms with Crippen LogP contribution in [0.5, 0.6) is 0 Å². The molecule has 25 heavy (non-hydrogen) atoms. The number of allylic oxidation sites excluding steroid dienone is 1. The molecule has 6 heteroatoms. The van der Waals surface area contributed by atoms with Crippen LogP contribution in [-0.2, 0) is 14.8 Å². The van der Waals surface area contributed by atoms with Gasteiger partial charge in [-0.1, -0.05) is 42.0 Å². The average molecular weight is 365 g/mol. The predicted molar refractivity (Wildman–Crippen MR) is 101 cm³/mol. The van der Waals surface area contributed by atoms with Crippen LogP contribution in [0.3, 0.4) is 0 Å². The Labute approximate surface area is 151 Å². The van der Waals surface area contributed by atoms with Gasteiger partial charge in [-0.05, 0) is 44.6 Å². The Kier molecular flexibility index (Phi) is 7.20. The Morgan fingerprint density at radius 2 is 1.96 bits per heavy atom. The van der Waals surface area contributed by atoms with E-state index in [4.69, 9.17) is 0 Å². The van der Waals surface area contributed by atoms with Gasteiger partial charge in [-0.25, -0.2) is 8.42 Å². The highest BCUT2D eigenvalue weighted by Crippen LogP contribution is 2.22. The summed E-state index contributed by atoms with van der Waals surface area (Å²) in [5, 5.41) is 2.85. The first-order valence-corrected chi connectivity index (χ1v) is 10.7. The monoisotopic (exact) mass is 364 g/mol. The maximum atomic E-state index is 12.2. The van der Waals surface area contributed by atoms with E-state index < -0.39 is 10.0 Å². The maximum Gasteiger partial charge on any atom is 0.235 e. The second kappa shape index (κ2) is 9.15. The largest absolute Gasteiger partial charge is 0.355 e. The first-order valence-electron chi connectivity index (χ1n) is 8.84. The van der Waals surface area contributed by atoms with E-state index >= 15 is 0 Å². The van der Waals surface area contributed by atoms with Gasteiger partial charge in [0.15, 0.2) is 0 Å². The maximum absolute atomic E-state index is 12.2. The number of hydrogen-bond acceptors (Lipinski definition) is 3. The van der Waals surface area contributed by atoms with E-state index in [9.17, 15) is 13.2 Å². The van der Waals surface area contributed by atoms with Crippen molar-refractivity contribution in [3.63, 3.8) is 0 Å². The summed E-state index contributed by atoms with van der Waals surface area (Å²) in [7, 11) is -3.49. The van der Waals surface area contributed by atoms with Gasteiger partial charge < -0.3 is 5.32 Å². The Balaban J connectivity index is 1.92. The number of amides is 1. The lowest BCUT2D eigenvalue weighted by atomic mass is 9.97. The molecule has 0 bridgehead atoms. The molecule has 0 saturated carbocycles. The minimum Gasteiger partial charge on any atom is -0.355 e. The molecule has 0 aromatic heterocycles. The lowest BCUT2D eigenvalue weighted by Gasteiger charge is -2.26. The highest BCUT2D eigenvalue weighted by Gasteiger charge is 2.26. The molecule has 1 aliphatic rings. The van der Waals surface area contributed by atoms with Crippen LogP contribution < -0.4 is 5.32 Å². The molecule has 2 rings (SSSR count). The summed E-state index contributed by atoms with van der Waals surface area (Å²) >= 11 is 0. The predicted octanol–water partition coefficient (Wildman–Crippen LogP) is 3.02. The Hall–Kier alpha value is -1.66. The van der Waals surface area contributed by atoms with Gasteiger partial charge >= 0.3 is 0 Å². The molecule has 5 nitrogen and oxygen atoms in total. The van der Waals surface area contributed by atoms with Gasteiger partial charge in [0.1, 0.15) is 0 Å². The molecule has 1 unspecified atom stereocenters. The van der Waals surface area contributed by atoms with Crippen LogP contribution in [0.2, 0.25) is 0 Å². The Morgan fingerprint density at radius 3 is 2.56 bits per heavy atom. The normalized spacial score (nSPS) is 16.4. The summed E-state index contributed by atoms with van der Waals surface area (Å²) in [6.45, 7) is 2.20. The van der Waals surface area contributed by atoms with Crippen LogP contribution in [0.15, 0.2) is 42.0 Å². The van der Waals surface area contributed by atoms with Crippen molar-refractivity contribution in [2.24, 2.45) is 0 Å². The topological polar surface area (TPSA) is 66.5 Å². The molecule has 138 valence electrons. The lowest BCUT2D eigenvalue weighted by Crippen LogP contribution is -2.41. The number of nitrogens with zero attached hydrogens (tertiary/aromatic N) is 1. The molecule has 0 aliphatic heterocycles. The highest BCUT2D eigenvalue weighted by molar-refractivity contribution is 7.88. The van der Waals surface area contributed by atoms with Crippen LogP contribution in [0.25, 0.3) is 0 Å². The lowest BCUT2D eigenvalue weighted by molar-refractivity contribution is -0.121. The second-order valence-electron chi connectivity index (χ2n) is 6.60. The summed E-state index contributed by atoms with van der Waals surface area (Å²) < 4.78 is 25.5. The molecule has 1 amide bonds. The molecule has 0 heterocycles. The fourth-order valence-electron chi connectivity index (χ4n) is 3.13. The third-order valence-corrected chi connectivity index (χ3v) is 5.89. The van der Waals surface area contributed by atoms with Crippen LogP contribution in [0, 0.1) is 0 Å². The van der Waals surface area contributed by atoms with Gasteiger partial charge in [-0.15, -0.1) is 0 Å². The minimum atomic E-state index is -3.49. The van der Waals surface area contributed by atoms with Crippen molar-refractivity contribution in [2.45, 2.75) is 45.1 Å². The zero-order chi connectivity index (χ0) is 18.3. The molecule has 0 fully saturated rings. The van der Waals surface area contributed by atoms with Gasteiger partial charge in [0.2, 0.25) is 15.9 Å². The van der Waals surface area contributed by atoms with Crippen LogP contribution >= 0.6 is 0 Å². The molecule has 1 aliphatic carbocycles. The van der Waals surface area contributed by atoms with Crippen molar-refractivity contribution in [1.82, 2.24) is 9.62 Å². The molecular weight excluding hydrogens is 336 g/mol. The number of sulfonamides is 1. The van der Waals surface area contributed by atoms with Gasteiger partial charge in [0.25, 0.3) is 0 Å². The van der Waals surface area contributed by atoms with E-state index in [-0.39, 0.29) is 18.5 Å². The van der Waals surface area contributed by atoms with Gasteiger partial charge in [0.05, 0.1) is 12.8 Å². The van der Waals surface area contributed by atoms with E-state index in [1.54, 1.807) is 6.92 Å². The number of benzene rings is 1. The van der Waals surface area contributed by atoms with Crippen molar-refractivity contribution >= 4 is 15.9 Å². The Bertz CT molecular complexity index is 699. The first kappa shape index (κ1) is 19.7. The van der Waals surface area contributed by atoms with Gasteiger partial charge in [-0.3, -0.25) is 4.79 Å². The van der Waals surface area contributed by atoms with Crippen LogP contribution in [0.1, 0.15) is 50.6 Å². The molecular formula is C19H28N2O3S. The standard InChI is InChI=1S/C19H28N2O3S/c1-16(18-11-7-4-8-12-18)21(25(2,23)24)15-19(22)20-14-13-17-9-5-3-6-10-17/h4,7-9,11-12,16H,3,5-6,10,13-15H2,1-2H3,(H,20,22). The third-order valence-electron chi connectivity index (χ3n) is 4.59. The first-order chi connectivity index (χ1) is 11.9. The van der Waals surface area contributed by atoms with E-state index in [2.05, 4.69) is 11.4 Å². The molecule has 1 aromatic rings. The van der Waals surface area contributed by atoms with E-state index in [0.717, 1.165) is 31.1 Å². The summed E-state index contributed by atoms with van der Waals surface area (Å²) in [4.78, 5) is 12.2. The Morgan fingerprint density at radius 1 is 1.24 bits per heavy atom. The molecule has 0 spiro atoms. The SMILES string of the molecule is CC(c1ccccc1)N(CC(=O)NCCC1=CCCCC1)S(C)(=O)=O. The molecule has 1 atom stereocenters.